The van der Waals surface area contributed by atoms with Crippen LogP contribution in [0.3, 0.4) is 0 Å². The van der Waals surface area contributed by atoms with Crippen molar-refractivity contribution >= 4 is 17.9 Å². The summed E-state index contributed by atoms with van der Waals surface area (Å²) in [7, 11) is 0. The quantitative estimate of drug-likeness (QED) is 0.297. The first-order valence-electron chi connectivity index (χ1n) is 9.70. The van der Waals surface area contributed by atoms with Crippen LogP contribution in [0.5, 0.6) is 0 Å². The standard InChI is InChI=1S/C22H28O8/c1-12-5-6-17(28-15(4)25)13(2)10-19-20(14(3)21(26)29-19)18(9-12)30-22(27)16(11-24)7-8-23/h5,7,10,17-20,23-24H,3,6,8-9,11H2,1-2,4H3/b12-5+,13-10-,16-7+/t17-,18-,19+,20-/m1/s1. The topological polar surface area (TPSA) is 119 Å². The lowest BCUT2D eigenvalue weighted by Gasteiger charge is -2.28. The SMILES string of the molecule is C=C1C(=O)O[C@H]2/C=C(/C)[C@H](OC(C)=O)C/C=C(\C)C[C@@H](OC(=O)/C(=C/CO)CO)[C@@H]12. The molecule has 30 heavy (non-hydrogen) atoms. The molecule has 0 aromatic carbocycles. The second-order valence-corrected chi connectivity index (χ2v) is 7.43. The molecule has 0 aromatic rings. The Morgan fingerprint density at radius 2 is 2.00 bits per heavy atom. The smallest absolute Gasteiger partial charge is 0.336 e. The summed E-state index contributed by atoms with van der Waals surface area (Å²) in [6.07, 6.45) is 3.45. The van der Waals surface area contributed by atoms with Gasteiger partial charge in [0.2, 0.25) is 0 Å². The van der Waals surface area contributed by atoms with Crippen LogP contribution in [0.25, 0.3) is 0 Å². The Hall–Kier alpha value is -2.71. The molecule has 8 heteroatoms. The number of hydrogen-bond donors (Lipinski definition) is 2. The zero-order valence-corrected chi connectivity index (χ0v) is 17.4. The van der Waals surface area contributed by atoms with Crippen molar-refractivity contribution in [2.24, 2.45) is 5.92 Å². The predicted molar refractivity (Wildman–Crippen MR) is 107 cm³/mol. The third kappa shape index (κ3) is 5.67. The zero-order chi connectivity index (χ0) is 22.4. The van der Waals surface area contributed by atoms with Gasteiger partial charge in [0.15, 0.2) is 0 Å². The van der Waals surface area contributed by atoms with E-state index in [0.717, 1.165) is 5.57 Å². The van der Waals surface area contributed by atoms with Crippen molar-refractivity contribution in [2.75, 3.05) is 13.2 Å². The van der Waals surface area contributed by atoms with Gasteiger partial charge in [-0.25, -0.2) is 9.59 Å². The molecule has 0 radical (unpaired) electrons. The molecule has 0 spiro atoms. The van der Waals surface area contributed by atoms with Crippen LogP contribution >= 0.6 is 0 Å². The Morgan fingerprint density at radius 3 is 2.60 bits per heavy atom. The molecule has 2 aliphatic rings. The van der Waals surface area contributed by atoms with Crippen molar-refractivity contribution in [2.45, 2.75) is 51.9 Å². The first-order valence-corrected chi connectivity index (χ1v) is 9.70. The van der Waals surface area contributed by atoms with Crippen LogP contribution in [-0.4, -0.2) is 59.6 Å². The molecule has 0 amide bonds. The average Bonchev–Trinajstić information content (AvgIpc) is 2.94. The maximum Gasteiger partial charge on any atom is 0.336 e. The predicted octanol–water partition coefficient (Wildman–Crippen LogP) is 1.53. The van der Waals surface area contributed by atoms with E-state index >= 15 is 0 Å². The number of aliphatic hydroxyl groups is 2. The third-order valence-corrected chi connectivity index (χ3v) is 5.14. The minimum Gasteiger partial charge on any atom is -0.458 e. The molecule has 0 unspecified atom stereocenters. The van der Waals surface area contributed by atoms with Crippen LogP contribution in [-0.2, 0) is 28.6 Å². The molecular formula is C22H28O8. The van der Waals surface area contributed by atoms with Crippen LogP contribution in [0.2, 0.25) is 0 Å². The molecular weight excluding hydrogens is 392 g/mol. The van der Waals surface area contributed by atoms with E-state index in [2.05, 4.69) is 6.58 Å². The van der Waals surface area contributed by atoms with Crippen molar-refractivity contribution in [3.63, 3.8) is 0 Å². The van der Waals surface area contributed by atoms with Gasteiger partial charge >= 0.3 is 17.9 Å². The fourth-order valence-electron chi connectivity index (χ4n) is 3.56. The minimum absolute atomic E-state index is 0.0784. The second kappa shape index (κ2) is 10.4. The van der Waals surface area contributed by atoms with E-state index in [0.29, 0.717) is 18.4 Å². The lowest BCUT2D eigenvalue weighted by Crippen LogP contribution is -2.34. The highest BCUT2D eigenvalue weighted by Gasteiger charge is 2.45. The summed E-state index contributed by atoms with van der Waals surface area (Å²) < 4.78 is 16.5. The van der Waals surface area contributed by atoms with Gasteiger partial charge in [0, 0.05) is 25.3 Å². The van der Waals surface area contributed by atoms with E-state index in [9.17, 15) is 19.5 Å². The highest BCUT2D eigenvalue weighted by Crippen LogP contribution is 2.36. The maximum atomic E-state index is 12.5. The summed E-state index contributed by atoms with van der Waals surface area (Å²) in [4.78, 5) is 36.2. The van der Waals surface area contributed by atoms with E-state index in [4.69, 9.17) is 19.3 Å². The molecule has 1 aliphatic carbocycles. The molecule has 1 fully saturated rings. The Labute approximate surface area is 175 Å². The summed E-state index contributed by atoms with van der Waals surface area (Å²) in [5, 5.41) is 18.4. The van der Waals surface area contributed by atoms with E-state index in [1.807, 2.05) is 13.0 Å². The third-order valence-electron chi connectivity index (χ3n) is 5.14. The summed E-state index contributed by atoms with van der Waals surface area (Å²) in [5.74, 6) is -2.44. The largest absolute Gasteiger partial charge is 0.458 e. The van der Waals surface area contributed by atoms with E-state index in [1.54, 1.807) is 13.0 Å². The number of carbonyl (C=O) groups is 3. The van der Waals surface area contributed by atoms with Gasteiger partial charge in [-0.1, -0.05) is 18.2 Å². The monoisotopic (exact) mass is 420 g/mol. The van der Waals surface area contributed by atoms with Crippen LogP contribution in [0.4, 0.5) is 0 Å². The molecule has 1 saturated heterocycles. The fraction of sp³-hybridized carbons (Fsp3) is 0.500. The van der Waals surface area contributed by atoms with Gasteiger partial charge in [-0.15, -0.1) is 0 Å². The average molecular weight is 420 g/mol. The van der Waals surface area contributed by atoms with Crippen molar-refractivity contribution in [1.29, 1.82) is 0 Å². The number of aliphatic hydroxyl groups excluding tert-OH is 2. The highest BCUT2D eigenvalue weighted by atomic mass is 16.6. The van der Waals surface area contributed by atoms with Gasteiger partial charge in [0.1, 0.15) is 18.3 Å². The number of fused-ring (bicyclic) bond motifs is 1. The van der Waals surface area contributed by atoms with Crippen LogP contribution in [0, 0.1) is 5.92 Å². The first kappa shape index (κ1) is 23.6. The van der Waals surface area contributed by atoms with Crippen molar-refractivity contribution < 1.29 is 38.8 Å². The second-order valence-electron chi connectivity index (χ2n) is 7.43. The van der Waals surface area contributed by atoms with Gasteiger partial charge in [-0.05, 0) is 31.6 Å². The lowest BCUT2D eigenvalue weighted by atomic mass is 9.85. The number of esters is 3. The van der Waals surface area contributed by atoms with Gasteiger partial charge < -0.3 is 24.4 Å². The summed E-state index contributed by atoms with van der Waals surface area (Å²) in [6, 6.07) is 0. The van der Waals surface area contributed by atoms with Crippen molar-refractivity contribution in [3.05, 3.63) is 47.1 Å². The molecule has 0 saturated carbocycles. The maximum absolute atomic E-state index is 12.5. The molecule has 8 nitrogen and oxygen atoms in total. The normalized spacial score (nSPS) is 30.9. The van der Waals surface area contributed by atoms with Crippen molar-refractivity contribution in [1.82, 2.24) is 0 Å². The first-order chi connectivity index (χ1) is 14.2. The zero-order valence-electron chi connectivity index (χ0n) is 17.4. The number of hydrogen-bond acceptors (Lipinski definition) is 8. The Balaban J connectivity index is 2.42. The Morgan fingerprint density at radius 1 is 1.30 bits per heavy atom. The molecule has 2 N–H and O–H groups in total. The van der Waals surface area contributed by atoms with E-state index in [1.165, 1.54) is 13.0 Å². The number of ether oxygens (including phenoxy) is 3. The molecule has 2 rings (SSSR count). The number of rotatable bonds is 5. The molecule has 1 heterocycles. The summed E-state index contributed by atoms with van der Waals surface area (Å²) in [5.41, 5.74) is 1.67. The van der Waals surface area contributed by atoms with Crippen LogP contribution < -0.4 is 0 Å². The number of carbonyl (C=O) groups excluding carboxylic acids is 3. The Kier molecular flexibility index (Phi) is 8.14. The molecule has 1 aliphatic heterocycles. The summed E-state index contributed by atoms with van der Waals surface area (Å²) in [6.45, 7) is 7.76. The molecule has 164 valence electrons. The van der Waals surface area contributed by atoms with E-state index < -0.39 is 55.4 Å². The van der Waals surface area contributed by atoms with Crippen LogP contribution in [0.1, 0.15) is 33.6 Å². The van der Waals surface area contributed by atoms with E-state index in [-0.39, 0.29) is 11.1 Å². The highest BCUT2D eigenvalue weighted by molar-refractivity contribution is 5.92. The molecule has 0 bridgehead atoms. The van der Waals surface area contributed by atoms with Gasteiger partial charge in [0.25, 0.3) is 0 Å². The Bertz CT molecular complexity index is 804. The molecule has 4 atom stereocenters. The van der Waals surface area contributed by atoms with Crippen LogP contribution in [0.15, 0.2) is 47.1 Å². The molecule has 0 aromatic heterocycles. The van der Waals surface area contributed by atoms with Gasteiger partial charge in [-0.2, -0.15) is 0 Å². The summed E-state index contributed by atoms with van der Waals surface area (Å²) >= 11 is 0. The lowest BCUT2D eigenvalue weighted by molar-refractivity contribution is -0.148. The fourth-order valence-corrected chi connectivity index (χ4v) is 3.56. The van der Waals surface area contributed by atoms with Gasteiger partial charge in [0.05, 0.1) is 24.7 Å². The minimum atomic E-state index is -0.786. The van der Waals surface area contributed by atoms with Gasteiger partial charge in [-0.3, -0.25) is 4.79 Å². The van der Waals surface area contributed by atoms with Crippen molar-refractivity contribution in [3.8, 4) is 0 Å².